The lowest BCUT2D eigenvalue weighted by molar-refractivity contribution is -0.123. The molecule has 0 bridgehead atoms. The normalized spacial score (nSPS) is 17.7. The van der Waals surface area contributed by atoms with Crippen molar-refractivity contribution in [3.8, 4) is 0 Å². The van der Waals surface area contributed by atoms with E-state index in [1.807, 2.05) is 24.0 Å². The van der Waals surface area contributed by atoms with E-state index in [9.17, 15) is 9.59 Å². The van der Waals surface area contributed by atoms with Crippen LogP contribution in [-0.4, -0.2) is 18.4 Å². The molecule has 29 heavy (non-hydrogen) atoms. The van der Waals surface area contributed by atoms with Crippen LogP contribution in [-0.2, 0) is 11.2 Å². The molecule has 1 saturated carbocycles. The highest BCUT2D eigenvalue weighted by molar-refractivity contribution is 6.30. The van der Waals surface area contributed by atoms with E-state index in [1.165, 1.54) is 24.8 Å². The average molecular weight is 411 g/mol. The summed E-state index contributed by atoms with van der Waals surface area (Å²) in [6, 6.07) is 13.0. The maximum absolute atomic E-state index is 13.0. The van der Waals surface area contributed by atoms with Crippen LogP contribution < -0.4 is 10.2 Å². The number of fused-ring (bicyclic) bond motifs is 1. The van der Waals surface area contributed by atoms with Gasteiger partial charge in [0, 0.05) is 28.7 Å². The minimum absolute atomic E-state index is 0.119. The largest absolute Gasteiger partial charge is 0.346 e. The molecule has 5 heteroatoms. The summed E-state index contributed by atoms with van der Waals surface area (Å²) in [6.07, 6.45) is 6.51. The number of rotatable bonds is 4. The van der Waals surface area contributed by atoms with Crippen LogP contribution in [0.1, 0.15) is 66.6 Å². The second-order valence-corrected chi connectivity index (χ2v) is 8.60. The predicted octanol–water partition coefficient (Wildman–Crippen LogP) is 5.30. The maximum Gasteiger partial charge on any atom is 0.251 e. The number of hydrogen-bond donors (Lipinski definition) is 1. The van der Waals surface area contributed by atoms with Crippen molar-refractivity contribution in [2.45, 2.75) is 51.5 Å². The van der Waals surface area contributed by atoms with Gasteiger partial charge in [0.15, 0.2) is 0 Å². The SMILES string of the molecule is C[C@@H](NC(=O)c1ccc(Cl)cc1)c1ccc2c(c1)CCN2C(=O)C1CCCCC1. The highest BCUT2D eigenvalue weighted by Crippen LogP contribution is 2.34. The fourth-order valence-electron chi connectivity index (χ4n) is 4.45. The lowest BCUT2D eigenvalue weighted by atomic mass is 9.88. The van der Waals surface area contributed by atoms with E-state index < -0.39 is 0 Å². The van der Waals surface area contributed by atoms with Gasteiger partial charge in [0.2, 0.25) is 5.91 Å². The van der Waals surface area contributed by atoms with Gasteiger partial charge in [-0.15, -0.1) is 0 Å². The molecule has 0 spiro atoms. The van der Waals surface area contributed by atoms with Crippen LogP contribution in [0, 0.1) is 5.92 Å². The monoisotopic (exact) mass is 410 g/mol. The summed E-state index contributed by atoms with van der Waals surface area (Å²) < 4.78 is 0. The van der Waals surface area contributed by atoms with Crippen molar-refractivity contribution in [1.29, 1.82) is 0 Å². The third-order valence-electron chi connectivity index (χ3n) is 6.17. The molecule has 0 aromatic heterocycles. The van der Waals surface area contributed by atoms with Crippen LogP contribution >= 0.6 is 11.6 Å². The summed E-state index contributed by atoms with van der Waals surface area (Å²) >= 11 is 5.90. The van der Waals surface area contributed by atoms with Crippen molar-refractivity contribution in [3.63, 3.8) is 0 Å². The van der Waals surface area contributed by atoms with E-state index in [-0.39, 0.29) is 17.9 Å². The molecule has 4 rings (SSSR count). The second kappa shape index (κ2) is 8.58. The zero-order valence-electron chi connectivity index (χ0n) is 16.8. The molecule has 2 aromatic rings. The topological polar surface area (TPSA) is 49.4 Å². The first-order chi connectivity index (χ1) is 14.0. The van der Waals surface area contributed by atoms with Crippen molar-refractivity contribution in [2.75, 3.05) is 11.4 Å². The van der Waals surface area contributed by atoms with E-state index in [4.69, 9.17) is 11.6 Å². The number of benzene rings is 2. The Hall–Kier alpha value is -2.33. The summed E-state index contributed by atoms with van der Waals surface area (Å²) in [5.41, 5.74) is 3.88. The summed E-state index contributed by atoms with van der Waals surface area (Å²) in [7, 11) is 0. The molecule has 1 N–H and O–H groups in total. The molecule has 2 aromatic carbocycles. The lowest BCUT2D eigenvalue weighted by Gasteiger charge is -2.26. The Balaban J connectivity index is 1.44. The Morgan fingerprint density at radius 2 is 1.79 bits per heavy atom. The number of nitrogens with zero attached hydrogens (tertiary/aromatic N) is 1. The first kappa shape index (κ1) is 20.0. The fourth-order valence-corrected chi connectivity index (χ4v) is 4.58. The smallest absolute Gasteiger partial charge is 0.251 e. The summed E-state index contributed by atoms with van der Waals surface area (Å²) in [6.45, 7) is 2.75. The van der Waals surface area contributed by atoms with Gasteiger partial charge in [0.05, 0.1) is 6.04 Å². The molecule has 2 amide bonds. The zero-order valence-corrected chi connectivity index (χ0v) is 17.5. The van der Waals surface area contributed by atoms with Gasteiger partial charge in [-0.25, -0.2) is 0 Å². The number of hydrogen-bond acceptors (Lipinski definition) is 2. The highest BCUT2D eigenvalue weighted by Gasteiger charge is 2.31. The van der Waals surface area contributed by atoms with Crippen LogP contribution in [0.25, 0.3) is 0 Å². The van der Waals surface area contributed by atoms with Crippen LogP contribution in [0.3, 0.4) is 0 Å². The third-order valence-corrected chi connectivity index (χ3v) is 6.43. The van der Waals surface area contributed by atoms with E-state index in [1.54, 1.807) is 24.3 Å². The predicted molar refractivity (Wildman–Crippen MR) is 116 cm³/mol. The molecule has 1 aliphatic heterocycles. The summed E-state index contributed by atoms with van der Waals surface area (Å²) in [5, 5.41) is 3.66. The minimum Gasteiger partial charge on any atom is -0.346 e. The van der Waals surface area contributed by atoms with Gasteiger partial charge in [0.1, 0.15) is 0 Å². The molecule has 0 unspecified atom stereocenters. The number of carbonyl (C=O) groups is 2. The van der Waals surface area contributed by atoms with Gasteiger partial charge in [-0.05, 0) is 67.6 Å². The van der Waals surface area contributed by atoms with Crippen molar-refractivity contribution < 1.29 is 9.59 Å². The minimum atomic E-state index is -0.122. The molecule has 1 atom stereocenters. The zero-order chi connectivity index (χ0) is 20.4. The first-order valence-electron chi connectivity index (χ1n) is 10.5. The number of anilines is 1. The first-order valence-corrected chi connectivity index (χ1v) is 10.9. The number of carbonyl (C=O) groups excluding carboxylic acids is 2. The molecule has 1 heterocycles. The van der Waals surface area contributed by atoms with E-state index in [2.05, 4.69) is 11.4 Å². The maximum atomic E-state index is 13.0. The Bertz CT molecular complexity index is 904. The van der Waals surface area contributed by atoms with Gasteiger partial charge in [-0.3, -0.25) is 9.59 Å². The second-order valence-electron chi connectivity index (χ2n) is 8.17. The lowest BCUT2D eigenvalue weighted by Crippen LogP contribution is -2.35. The van der Waals surface area contributed by atoms with Gasteiger partial charge >= 0.3 is 0 Å². The van der Waals surface area contributed by atoms with Crippen LogP contribution in [0.15, 0.2) is 42.5 Å². The third kappa shape index (κ3) is 4.32. The van der Waals surface area contributed by atoms with Gasteiger partial charge in [-0.1, -0.05) is 43.0 Å². The summed E-state index contributed by atoms with van der Waals surface area (Å²) in [5.74, 6) is 0.357. The molecule has 2 aliphatic rings. The molecule has 1 fully saturated rings. The van der Waals surface area contributed by atoms with Gasteiger partial charge in [0.25, 0.3) is 5.91 Å². The van der Waals surface area contributed by atoms with E-state index >= 15 is 0 Å². The van der Waals surface area contributed by atoms with Crippen LogP contribution in [0.2, 0.25) is 5.02 Å². The Morgan fingerprint density at radius 3 is 2.52 bits per heavy atom. The van der Waals surface area contributed by atoms with Gasteiger partial charge < -0.3 is 10.2 Å². The number of nitrogens with one attached hydrogen (secondary N) is 1. The average Bonchev–Trinajstić information content (AvgIpc) is 3.17. The molecule has 1 aliphatic carbocycles. The summed E-state index contributed by atoms with van der Waals surface area (Å²) in [4.78, 5) is 27.4. The molecular formula is C24H27ClN2O2. The standard InChI is InChI=1S/C24H27ClN2O2/c1-16(26-23(28)17-7-10-21(25)11-8-17)19-9-12-22-20(15-19)13-14-27(22)24(29)18-5-3-2-4-6-18/h7-12,15-16,18H,2-6,13-14H2,1H3,(H,26,28)/t16-/m1/s1. The van der Waals surface area contributed by atoms with Crippen molar-refractivity contribution in [2.24, 2.45) is 5.92 Å². The van der Waals surface area contributed by atoms with Crippen molar-refractivity contribution in [3.05, 3.63) is 64.2 Å². The quantitative estimate of drug-likeness (QED) is 0.743. The molecular weight excluding hydrogens is 384 g/mol. The van der Waals surface area contributed by atoms with Gasteiger partial charge in [-0.2, -0.15) is 0 Å². The highest BCUT2D eigenvalue weighted by atomic mass is 35.5. The molecule has 0 saturated heterocycles. The Kier molecular flexibility index (Phi) is 5.91. The van der Waals surface area contributed by atoms with Crippen LogP contribution in [0.5, 0.6) is 0 Å². The number of halogens is 1. The molecule has 0 radical (unpaired) electrons. The number of amides is 2. The Labute approximate surface area is 177 Å². The van der Waals surface area contributed by atoms with Crippen molar-refractivity contribution in [1.82, 2.24) is 5.32 Å². The molecule has 152 valence electrons. The molecule has 4 nitrogen and oxygen atoms in total. The fraction of sp³-hybridized carbons (Fsp3) is 0.417. The van der Waals surface area contributed by atoms with E-state index in [0.29, 0.717) is 16.5 Å². The van der Waals surface area contributed by atoms with Crippen LogP contribution in [0.4, 0.5) is 5.69 Å². The van der Waals surface area contributed by atoms with E-state index in [0.717, 1.165) is 37.1 Å². The Morgan fingerprint density at radius 1 is 1.07 bits per heavy atom. The van der Waals surface area contributed by atoms with Crippen molar-refractivity contribution >= 4 is 29.1 Å².